The molecule has 2 heterocycles. The third-order valence-corrected chi connectivity index (χ3v) is 6.63. The number of hydrogen-bond acceptors (Lipinski definition) is 3. The van der Waals surface area contributed by atoms with Crippen molar-refractivity contribution in [2.24, 2.45) is 10.9 Å². The molecule has 1 aromatic carbocycles. The van der Waals surface area contributed by atoms with Crippen molar-refractivity contribution in [3.63, 3.8) is 0 Å². The highest BCUT2D eigenvalue weighted by Crippen LogP contribution is 2.36. The first-order valence-corrected chi connectivity index (χ1v) is 10.9. The van der Waals surface area contributed by atoms with E-state index in [9.17, 15) is 4.79 Å². The summed E-state index contributed by atoms with van der Waals surface area (Å²) in [6, 6.07) is 8.74. The van der Waals surface area contributed by atoms with Crippen LogP contribution in [0.1, 0.15) is 43.2 Å². The molecule has 2 N–H and O–H groups in total. The molecule has 1 amide bonds. The van der Waals surface area contributed by atoms with Crippen molar-refractivity contribution in [1.29, 1.82) is 0 Å². The zero-order valence-corrected chi connectivity index (χ0v) is 20.9. The number of carbonyl (C=O) groups excluding carboxylic acids is 1. The fourth-order valence-electron chi connectivity index (χ4n) is 4.77. The lowest BCUT2D eigenvalue weighted by Crippen LogP contribution is -2.51. The maximum absolute atomic E-state index is 11.7. The number of guanidine groups is 1. The summed E-state index contributed by atoms with van der Waals surface area (Å²) in [5.74, 6) is 1.59. The van der Waals surface area contributed by atoms with E-state index in [-0.39, 0.29) is 35.3 Å². The Morgan fingerprint density at radius 2 is 1.90 bits per heavy atom. The number of rotatable bonds is 5. The summed E-state index contributed by atoms with van der Waals surface area (Å²) in [6.07, 6.45) is 4.74. The summed E-state index contributed by atoms with van der Waals surface area (Å²) >= 11 is 0. The zero-order valence-electron chi connectivity index (χ0n) is 18.6. The van der Waals surface area contributed by atoms with Crippen molar-refractivity contribution < 1.29 is 9.53 Å². The first kappa shape index (κ1) is 24.9. The lowest BCUT2D eigenvalue weighted by molar-refractivity contribution is -0.121. The minimum absolute atomic E-state index is 0. The molecule has 0 saturated carbocycles. The lowest BCUT2D eigenvalue weighted by atomic mass is 9.72. The Hall–Kier alpha value is -1.35. The van der Waals surface area contributed by atoms with Gasteiger partial charge in [0.1, 0.15) is 0 Å². The molecule has 2 aliphatic heterocycles. The molecule has 0 unspecified atom stereocenters. The van der Waals surface area contributed by atoms with Gasteiger partial charge in [-0.1, -0.05) is 24.3 Å². The van der Waals surface area contributed by atoms with Crippen LogP contribution < -0.4 is 10.6 Å². The Kier molecular flexibility index (Phi) is 9.87. The maximum atomic E-state index is 11.7. The summed E-state index contributed by atoms with van der Waals surface area (Å²) in [5.41, 5.74) is 2.86. The van der Waals surface area contributed by atoms with Crippen molar-refractivity contribution in [1.82, 2.24) is 15.5 Å². The van der Waals surface area contributed by atoms with Gasteiger partial charge >= 0.3 is 0 Å². The van der Waals surface area contributed by atoms with Crippen LogP contribution >= 0.6 is 24.0 Å². The summed E-state index contributed by atoms with van der Waals surface area (Å²) < 4.78 is 5.69. The number of nitrogens with one attached hydrogen (secondary N) is 2. The van der Waals surface area contributed by atoms with Crippen LogP contribution in [-0.2, 0) is 14.9 Å². The molecule has 2 saturated heterocycles. The molecule has 7 heteroatoms. The van der Waals surface area contributed by atoms with E-state index in [1.54, 1.807) is 7.05 Å². The fourth-order valence-corrected chi connectivity index (χ4v) is 4.77. The van der Waals surface area contributed by atoms with E-state index in [2.05, 4.69) is 51.7 Å². The number of likely N-dealkylation sites (tertiary alicyclic amines) is 1. The fraction of sp³-hybridized carbons (Fsp3) is 0.652. The predicted octanol–water partition coefficient (Wildman–Crippen LogP) is 3.08. The van der Waals surface area contributed by atoms with Gasteiger partial charge in [0.05, 0.1) is 0 Å². The van der Waals surface area contributed by atoms with Crippen LogP contribution in [0.25, 0.3) is 0 Å². The summed E-state index contributed by atoms with van der Waals surface area (Å²) in [7, 11) is 3.58. The molecule has 2 fully saturated rings. The number of halogens is 1. The van der Waals surface area contributed by atoms with Crippen LogP contribution in [0.2, 0.25) is 0 Å². The van der Waals surface area contributed by atoms with Gasteiger partial charge in [0.25, 0.3) is 0 Å². The van der Waals surface area contributed by atoms with Gasteiger partial charge < -0.3 is 20.3 Å². The highest BCUT2D eigenvalue weighted by molar-refractivity contribution is 14.0. The molecule has 1 aromatic rings. The van der Waals surface area contributed by atoms with Crippen molar-refractivity contribution in [2.75, 3.05) is 46.9 Å². The van der Waals surface area contributed by atoms with E-state index >= 15 is 0 Å². The standard InChI is InChI=1S/C23H36N4O2.HI/c1-18-6-4-5-7-20(18)23(10-14-29-15-11-23)17-26-22(25-3)27-12-8-19(9-13-27)16-21(28)24-2;/h4-7,19H,8-17H2,1-3H3,(H,24,28)(H,25,26);1H. The van der Waals surface area contributed by atoms with Gasteiger partial charge in [0.2, 0.25) is 5.91 Å². The average Bonchev–Trinajstić information content (AvgIpc) is 2.76. The van der Waals surface area contributed by atoms with Gasteiger partial charge in [-0.05, 0) is 49.7 Å². The van der Waals surface area contributed by atoms with Crippen LogP contribution in [0.15, 0.2) is 29.3 Å². The number of piperidine rings is 1. The van der Waals surface area contributed by atoms with Crippen molar-refractivity contribution in [3.05, 3.63) is 35.4 Å². The molecule has 2 aliphatic rings. The molecule has 0 spiro atoms. The number of amides is 1. The Balaban J connectivity index is 0.00000320. The van der Waals surface area contributed by atoms with Gasteiger partial charge in [-0.25, -0.2) is 0 Å². The van der Waals surface area contributed by atoms with Crippen LogP contribution in [-0.4, -0.2) is 63.7 Å². The summed E-state index contributed by atoms with van der Waals surface area (Å²) in [6.45, 7) is 6.58. The van der Waals surface area contributed by atoms with E-state index in [1.807, 2.05) is 7.05 Å². The molecule has 0 atom stereocenters. The Labute approximate surface area is 198 Å². The average molecular weight is 528 g/mol. The normalized spacial score (nSPS) is 19.7. The van der Waals surface area contributed by atoms with E-state index in [1.165, 1.54) is 11.1 Å². The number of nitrogens with zero attached hydrogens (tertiary/aromatic N) is 2. The molecule has 0 aliphatic carbocycles. The third-order valence-electron chi connectivity index (χ3n) is 6.63. The second-order valence-corrected chi connectivity index (χ2v) is 8.42. The van der Waals surface area contributed by atoms with Gasteiger partial charge in [-0.2, -0.15) is 0 Å². The second-order valence-electron chi connectivity index (χ2n) is 8.42. The largest absolute Gasteiger partial charge is 0.381 e. The summed E-state index contributed by atoms with van der Waals surface area (Å²) in [4.78, 5) is 18.6. The number of benzene rings is 1. The Morgan fingerprint density at radius 3 is 2.50 bits per heavy atom. The van der Waals surface area contributed by atoms with E-state index in [0.29, 0.717) is 12.3 Å². The molecule has 0 radical (unpaired) electrons. The van der Waals surface area contributed by atoms with E-state index < -0.39 is 0 Å². The molecule has 30 heavy (non-hydrogen) atoms. The van der Waals surface area contributed by atoms with Gasteiger partial charge in [-0.15, -0.1) is 24.0 Å². The zero-order chi connectivity index (χ0) is 20.7. The topological polar surface area (TPSA) is 66.0 Å². The monoisotopic (exact) mass is 528 g/mol. The number of carbonyl (C=O) groups is 1. The first-order chi connectivity index (χ1) is 14.1. The van der Waals surface area contributed by atoms with Crippen LogP contribution in [0.4, 0.5) is 0 Å². The van der Waals surface area contributed by atoms with Gasteiger partial charge in [-0.3, -0.25) is 9.79 Å². The molecule has 6 nitrogen and oxygen atoms in total. The van der Waals surface area contributed by atoms with E-state index in [0.717, 1.165) is 64.5 Å². The number of ether oxygens (including phenoxy) is 1. The minimum atomic E-state index is 0. The number of aryl methyl sites for hydroxylation is 1. The van der Waals surface area contributed by atoms with Crippen molar-refractivity contribution >= 4 is 35.8 Å². The molecule has 168 valence electrons. The molecular weight excluding hydrogens is 491 g/mol. The first-order valence-electron chi connectivity index (χ1n) is 10.9. The smallest absolute Gasteiger partial charge is 0.220 e. The van der Waals surface area contributed by atoms with Gasteiger partial charge in [0.15, 0.2) is 5.96 Å². The quantitative estimate of drug-likeness (QED) is 0.351. The predicted molar refractivity (Wildman–Crippen MR) is 133 cm³/mol. The molecule has 0 bridgehead atoms. The Bertz CT molecular complexity index is 711. The third kappa shape index (κ3) is 6.09. The summed E-state index contributed by atoms with van der Waals surface area (Å²) in [5, 5.41) is 6.42. The second kappa shape index (κ2) is 11.9. The number of aliphatic imine (C=N–C) groups is 1. The lowest BCUT2D eigenvalue weighted by Gasteiger charge is -2.41. The SMILES string of the molecule is CN=C(NCC1(c2ccccc2C)CCOCC1)N1CCC(CC(=O)NC)CC1.I. The van der Waals surface area contributed by atoms with Crippen molar-refractivity contribution in [3.8, 4) is 0 Å². The molecular formula is C23H37IN4O2. The van der Waals surface area contributed by atoms with Crippen molar-refractivity contribution in [2.45, 2.75) is 44.4 Å². The van der Waals surface area contributed by atoms with Crippen LogP contribution in [0, 0.1) is 12.8 Å². The minimum Gasteiger partial charge on any atom is -0.381 e. The highest BCUT2D eigenvalue weighted by Gasteiger charge is 2.36. The number of hydrogen-bond donors (Lipinski definition) is 2. The molecule has 3 rings (SSSR count). The van der Waals surface area contributed by atoms with Crippen LogP contribution in [0.5, 0.6) is 0 Å². The van der Waals surface area contributed by atoms with Crippen LogP contribution in [0.3, 0.4) is 0 Å². The van der Waals surface area contributed by atoms with E-state index in [4.69, 9.17) is 4.74 Å². The maximum Gasteiger partial charge on any atom is 0.220 e. The highest BCUT2D eigenvalue weighted by atomic mass is 127. The Morgan fingerprint density at radius 1 is 1.23 bits per heavy atom. The van der Waals surface area contributed by atoms with Gasteiger partial charge in [0, 0.05) is 58.8 Å². The molecule has 0 aromatic heterocycles.